The summed E-state index contributed by atoms with van der Waals surface area (Å²) >= 11 is 0. The molecule has 103 heavy (non-hydrogen) atoms. The summed E-state index contributed by atoms with van der Waals surface area (Å²) in [6.45, 7) is -7.86. The number of nitrogens with zero attached hydrogens (tertiary/aromatic N) is 1. The molecule has 30 saturated heterocycles. The number of aliphatic hydroxyl groups is 23. The largest absolute Gasteiger partial charge is 0.394 e. The van der Waals surface area contributed by atoms with Crippen molar-refractivity contribution in [2.24, 2.45) is 0 Å². The Balaban J connectivity index is 0.899. The highest BCUT2D eigenvalue weighted by Gasteiger charge is 2.61. The number of fused-ring (bicyclic) bond motifs is 1. The highest BCUT2D eigenvalue weighted by atomic mass is 32.2. The third kappa shape index (κ3) is 15.9. The summed E-state index contributed by atoms with van der Waals surface area (Å²) in [5.74, 6) is -1.21. The van der Waals surface area contributed by atoms with Crippen LogP contribution in [0.1, 0.15) is 0 Å². The molecule has 0 aliphatic carbocycles. The van der Waals surface area contributed by atoms with Crippen molar-refractivity contribution in [3.63, 3.8) is 0 Å². The highest BCUT2D eigenvalue weighted by molar-refractivity contribution is 7.91. The maximum absolute atomic E-state index is 14.9. The van der Waals surface area contributed by atoms with Gasteiger partial charge in [0.25, 0.3) is 0 Å². The fraction of sp³-hybridized carbons (Fsp3) is 0.833. The van der Waals surface area contributed by atoms with Gasteiger partial charge in [-0.25, -0.2) is 8.42 Å². The average Bonchev–Trinajstić information content (AvgIpc) is 0.778. The molecule has 30 fully saturated rings. The van der Waals surface area contributed by atoms with E-state index in [2.05, 4.69) is 0 Å². The van der Waals surface area contributed by atoms with E-state index in [1.54, 1.807) is 37.2 Å². The topological polar surface area (TPSA) is 650 Å². The van der Waals surface area contributed by atoms with Gasteiger partial charge < -0.3 is 198 Å². The van der Waals surface area contributed by atoms with Crippen molar-refractivity contribution in [2.75, 3.05) is 71.0 Å². The number of rotatable bonds is 11. The van der Waals surface area contributed by atoms with Gasteiger partial charge in [0.15, 0.2) is 60.2 Å². The minimum absolute atomic E-state index is 0.190. The zero-order valence-corrected chi connectivity index (χ0v) is 55.5. The van der Waals surface area contributed by atoms with Crippen LogP contribution < -0.4 is 4.90 Å². The molecule has 0 amide bonds. The van der Waals surface area contributed by atoms with Crippen molar-refractivity contribution in [1.82, 2.24) is 0 Å². The Morgan fingerprint density at radius 1 is 0.272 bits per heavy atom. The van der Waals surface area contributed by atoms with Crippen LogP contribution in [0.2, 0.25) is 0 Å². The third-order valence-corrected chi connectivity index (χ3v) is 21.6. The fourth-order valence-corrected chi connectivity index (χ4v) is 15.8. The van der Waals surface area contributed by atoms with Gasteiger partial charge in [0.1, 0.15) is 195 Å². The number of sulfone groups is 1. The lowest BCUT2D eigenvalue weighted by Gasteiger charge is -2.50. The minimum atomic E-state index is -4.73. The first-order valence-corrected chi connectivity index (χ1v) is 34.7. The molecule has 23 N–H and O–H groups in total. The van der Waals surface area contributed by atoms with Gasteiger partial charge in [-0.2, -0.15) is 0 Å². The molecular formula is C60H91NO41S. The van der Waals surface area contributed by atoms with E-state index in [9.17, 15) is 126 Å². The Bertz CT molecular complexity index is 3160. The van der Waals surface area contributed by atoms with E-state index in [1.165, 1.54) is 18.2 Å². The van der Waals surface area contributed by atoms with E-state index in [0.29, 0.717) is 11.1 Å². The van der Waals surface area contributed by atoms with Crippen molar-refractivity contribution in [3.8, 4) is 0 Å². The number of ether oxygens (including phenoxy) is 16. The number of hydrogen-bond acceptors (Lipinski definition) is 42. The molecule has 42 nitrogen and oxygen atoms in total. The summed E-state index contributed by atoms with van der Waals surface area (Å²) in [6, 6.07) is 9.12. The van der Waals surface area contributed by atoms with Crippen LogP contribution in [0.5, 0.6) is 0 Å². The third-order valence-electron chi connectivity index (χ3n) is 19.8. The summed E-state index contributed by atoms with van der Waals surface area (Å²) < 4.78 is 123. The van der Waals surface area contributed by atoms with Crippen LogP contribution in [0.3, 0.4) is 0 Å². The van der Waals surface area contributed by atoms with Gasteiger partial charge in [-0.15, -0.1) is 0 Å². The molecule has 0 radical (unpaired) electrons. The molecule has 30 heterocycles. The SMILES string of the molecule is CN(C)c1cccc2c(S(=O)(=O)C[C@H]3O[C@@H]4O[C@H]5[C@H](O)[C@@H](O)[C@@H](O[C@H]6[C@H](O)[C@@H](O)[C@@H](O[C@H]7[C@H](O)[C@@H](O)[C@@H](O[C@H]8[C@H](O)[C@@H](O)[C@@H](O[C@H]9[C@H](O)[C@@H](O)[C@@H](O[C@H]%10[C@H](O)[C@@H](O)[C@@H](O[C@H]%11[C@H](O)[C@@H](O)[C@@H](O[C@H]3[C@H](O)[C@H]4O)O[C@@H]%11CO)O[C@@H]%10CO)O[C@@H]9CO)O[C@@H]8CO)O[C@@H]7CO)O[C@@H]6CO)O[C@@H]5CO)cccc12. The number of anilines is 1. The molecular weight excluding hydrogens is 1420 g/mol. The first-order valence-electron chi connectivity index (χ1n) is 33.0. The Morgan fingerprint density at radius 2 is 0.466 bits per heavy atom. The molecule has 43 heteroatoms. The molecule has 0 unspecified atom stereocenters. The average molecular weight is 1510 g/mol. The van der Waals surface area contributed by atoms with Crippen molar-refractivity contribution < 1.29 is 202 Å². The summed E-state index contributed by atoms with van der Waals surface area (Å²) in [5, 5.41) is 261. The van der Waals surface area contributed by atoms with Crippen LogP contribution >= 0.6 is 0 Å². The number of benzene rings is 2. The van der Waals surface area contributed by atoms with Crippen LogP contribution in [0.4, 0.5) is 5.69 Å². The predicted molar refractivity (Wildman–Crippen MR) is 324 cm³/mol. The van der Waals surface area contributed by atoms with Crippen LogP contribution in [-0.4, -0.2) is 438 Å². The Morgan fingerprint density at radius 3 is 0.680 bits per heavy atom. The first-order chi connectivity index (χ1) is 48.9. The molecule has 40 atom stereocenters. The minimum Gasteiger partial charge on any atom is -0.394 e. The second-order valence-electron chi connectivity index (χ2n) is 26.6. The molecule has 0 aromatic heterocycles. The van der Waals surface area contributed by atoms with E-state index in [-0.39, 0.29) is 10.3 Å². The molecule has 0 spiro atoms. The van der Waals surface area contributed by atoms with Gasteiger partial charge in [0.2, 0.25) is 0 Å². The zero-order valence-electron chi connectivity index (χ0n) is 54.7. The maximum atomic E-state index is 14.9. The molecule has 588 valence electrons. The van der Waals surface area contributed by atoms with E-state index < -0.39 is 307 Å². The normalized spacial score (nSPS) is 49.2. The van der Waals surface area contributed by atoms with E-state index >= 15 is 0 Å². The molecule has 30 aliphatic heterocycles. The summed E-state index contributed by atoms with van der Waals surface area (Å²) in [5.41, 5.74) is 0.586. The van der Waals surface area contributed by atoms with Crippen LogP contribution in [0, 0.1) is 0 Å². The zero-order chi connectivity index (χ0) is 74.7. The first kappa shape index (κ1) is 80.9. The standard InChI is InChI=1S/C60H91NO41S/c1-61(2)19-7-3-6-18-17(19)5-4-8-28(18)103(85,86)16-27-52-36(76)44(84)60(94-27)101-51-26(15-68)92-58(42(82)34(51)74)99-49-24(13-66)90-56(40(80)32(49)72)97-47-22(11-64)88-54(38(78)30(47)70)95-45-20(9-62)87-53(37(77)29(45)69)96-46-21(10-63)89-55(39(79)31(46)71)98-48-23(12-65)91-57(41(81)33(48)73)100-50-25(14-67)93-59(102-52)43(83)35(50)75/h3-8,20-27,29-60,62-84H,9-16H2,1-2H3/t20-,21-,22-,23-,24-,25-,26-,27-,29-,30-,31-,32-,33-,34-,35-,36-,37-,38-,39-,40-,41-,42-,43-,44-,45-,46-,47-,48-,49-,50-,51-,52-,53-,54-,55-,56-,57-,58-,59-,60-/m1/s1. The second kappa shape index (κ2) is 33.6. The fourth-order valence-electron chi connectivity index (χ4n) is 14.1. The Kier molecular flexibility index (Phi) is 26.4. The lowest BCUT2D eigenvalue weighted by molar-refractivity contribution is -0.403. The number of aliphatic hydroxyl groups excluding tert-OH is 23. The second-order valence-corrected chi connectivity index (χ2v) is 28.6. The van der Waals surface area contributed by atoms with Crippen molar-refractivity contribution in [1.29, 1.82) is 0 Å². The van der Waals surface area contributed by atoms with Gasteiger partial charge in [-0.3, -0.25) is 0 Å². The Labute approximate surface area is 584 Å². The van der Waals surface area contributed by atoms with Gasteiger partial charge in [-0.1, -0.05) is 24.3 Å². The van der Waals surface area contributed by atoms with Crippen LogP contribution in [0.25, 0.3) is 10.8 Å². The predicted octanol–water partition coefficient (Wildman–Crippen LogP) is -14.7. The summed E-state index contributed by atoms with van der Waals surface area (Å²) in [6.07, 6.45) is -85.3. The van der Waals surface area contributed by atoms with E-state index in [0.717, 1.165) is 0 Å². The van der Waals surface area contributed by atoms with Crippen LogP contribution in [-0.2, 0) is 85.6 Å². The van der Waals surface area contributed by atoms with Crippen molar-refractivity contribution in [2.45, 2.75) is 251 Å². The molecule has 0 saturated carbocycles. The number of hydrogen-bond donors (Lipinski definition) is 23. The lowest BCUT2D eigenvalue weighted by Crippen LogP contribution is -2.69. The van der Waals surface area contributed by atoms with Gasteiger partial charge in [-0.05, 0) is 12.1 Å². The summed E-state index contributed by atoms with van der Waals surface area (Å²) in [7, 11) is -1.32. The molecule has 30 aliphatic rings. The lowest BCUT2D eigenvalue weighted by atomic mass is 9.95. The van der Waals surface area contributed by atoms with Crippen molar-refractivity contribution in [3.05, 3.63) is 36.4 Å². The van der Waals surface area contributed by atoms with Crippen LogP contribution in [0.15, 0.2) is 41.3 Å². The molecule has 16 bridgehead atoms. The molecule has 2 aromatic carbocycles. The van der Waals surface area contributed by atoms with Gasteiger partial charge in [0, 0.05) is 30.6 Å². The van der Waals surface area contributed by atoms with Crippen molar-refractivity contribution >= 4 is 26.3 Å². The maximum Gasteiger partial charge on any atom is 0.187 e. The molecule has 32 rings (SSSR count). The summed E-state index contributed by atoms with van der Waals surface area (Å²) in [4.78, 5) is 1.40. The van der Waals surface area contributed by atoms with E-state index in [4.69, 9.17) is 75.8 Å². The Hall–Kier alpha value is -3.11. The van der Waals surface area contributed by atoms with Gasteiger partial charge in [0.05, 0.1) is 56.9 Å². The molecule has 2 aromatic rings. The quantitative estimate of drug-likeness (QED) is 0.0993. The monoisotopic (exact) mass is 1510 g/mol. The van der Waals surface area contributed by atoms with Gasteiger partial charge >= 0.3 is 0 Å². The highest BCUT2D eigenvalue weighted by Crippen LogP contribution is 2.41. The van der Waals surface area contributed by atoms with E-state index in [1.807, 2.05) is 0 Å². The smallest absolute Gasteiger partial charge is 0.187 e.